The fraction of sp³-hybridized carbons (Fsp3) is 0.812. The molecule has 0 saturated heterocycles. The molecule has 0 spiro atoms. The van der Waals surface area contributed by atoms with E-state index in [4.69, 9.17) is 9.47 Å². The Morgan fingerprint density at radius 1 is 1.16 bits per heavy atom. The molecule has 0 aromatic carbocycles. The number of hydrogen-bond acceptors (Lipinski definition) is 3. The molecule has 2 aliphatic rings. The third kappa shape index (κ3) is 2.77. The van der Waals surface area contributed by atoms with Crippen molar-refractivity contribution in [1.82, 2.24) is 0 Å². The highest BCUT2D eigenvalue weighted by atomic mass is 16.7. The molecule has 108 valence electrons. The van der Waals surface area contributed by atoms with Gasteiger partial charge in [-0.05, 0) is 12.3 Å². The predicted octanol–water partition coefficient (Wildman–Crippen LogP) is 3.19. The Balaban J connectivity index is 1.96. The number of unbranched alkanes of at least 4 members (excludes halogenated alkanes) is 3. The lowest BCUT2D eigenvalue weighted by atomic mass is 9.86. The van der Waals surface area contributed by atoms with Gasteiger partial charge in [-0.2, -0.15) is 0 Å². The van der Waals surface area contributed by atoms with Gasteiger partial charge in [0.2, 0.25) is 0 Å². The minimum absolute atomic E-state index is 0.0195. The van der Waals surface area contributed by atoms with Gasteiger partial charge in [-0.15, -0.1) is 0 Å². The van der Waals surface area contributed by atoms with E-state index in [1.54, 1.807) is 14.2 Å². The van der Waals surface area contributed by atoms with Crippen LogP contribution in [-0.2, 0) is 14.3 Å². The molecule has 0 heterocycles. The van der Waals surface area contributed by atoms with Crippen LogP contribution in [0.3, 0.4) is 0 Å². The van der Waals surface area contributed by atoms with Crippen LogP contribution in [0.5, 0.6) is 0 Å². The maximum Gasteiger partial charge on any atom is 0.161 e. The molecule has 2 bridgehead atoms. The highest BCUT2D eigenvalue weighted by molar-refractivity contribution is 5.89. The Hall–Kier alpha value is -0.670. The zero-order valence-corrected chi connectivity index (χ0v) is 12.3. The molecular weight excluding hydrogens is 240 g/mol. The summed E-state index contributed by atoms with van der Waals surface area (Å²) in [6.07, 6.45) is 9.96. The van der Waals surface area contributed by atoms with Gasteiger partial charge in [0.15, 0.2) is 6.29 Å². The van der Waals surface area contributed by atoms with E-state index in [1.807, 2.05) is 0 Å². The standard InChI is InChI=1S/C16H26O3/c1-4-5-6-7-8-12-11-9-10-13(15(12)17)14(11)16(18-2)19-3/h9-14,16H,4-8H2,1-3H3/t11-,12+,13-,14?/m0/s1. The summed E-state index contributed by atoms with van der Waals surface area (Å²) in [6.45, 7) is 2.21. The topological polar surface area (TPSA) is 35.5 Å². The summed E-state index contributed by atoms with van der Waals surface area (Å²) in [5, 5.41) is 0. The lowest BCUT2D eigenvalue weighted by Gasteiger charge is -2.25. The molecule has 1 saturated carbocycles. The second-order valence-corrected chi connectivity index (χ2v) is 5.76. The average Bonchev–Trinajstić information content (AvgIpc) is 2.94. The summed E-state index contributed by atoms with van der Waals surface area (Å²) < 4.78 is 10.8. The summed E-state index contributed by atoms with van der Waals surface area (Å²) in [4.78, 5) is 12.4. The number of carbonyl (C=O) groups is 1. The fourth-order valence-corrected chi connectivity index (χ4v) is 3.75. The number of ketones is 1. The lowest BCUT2D eigenvalue weighted by Crippen LogP contribution is -2.29. The van der Waals surface area contributed by atoms with Crippen molar-refractivity contribution < 1.29 is 14.3 Å². The van der Waals surface area contributed by atoms with Crippen molar-refractivity contribution in [3.63, 3.8) is 0 Å². The molecule has 4 atom stereocenters. The monoisotopic (exact) mass is 266 g/mol. The third-order valence-electron chi connectivity index (χ3n) is 4.71. The van der Waals surface area contributed by atoms with Gasteiger partial charge < -0.3 is 9.47 Å². The second-order valence-electron chi connectivity index (χ2n) is 5.76. The number of allylic oxidation sites excluding steroid dienone is 2. The minimum Gasteiger partial charge on any atom is -0.356 e. The summed E-state index contributed by atoms with van der Waals surface area (Å²) in [6, 6.07) is 0. The molecule has 0 radical (unpaired) electrons. The SMILES string of the molecule is CCCCCC[C@H]1C(=O)[C@H]2C=C[C@@H]1C2C(OC)OC. The Bertz CT molecular complexity index is 333. The fourth-order valence-electron chi connectivity index (χ4n) is 3.75. The van der Waals surface area contributed by atoms with E-state index >= 15 is 0 Å². The van der Waals surface area contributed by atoms with E-state index in [0.717, 1.165) is 6.42 Å². The van der Waals surface area contributed by atoms with E-state index in [2.05, 4.69) is 19.1 Å². The van der Waals surface area contributed by atoms with Crippen LogP contribution in [0.4, 0.5) is 0 Å². The molecule has 0 N–H and O–H groups in total. The number of carbonyl (C=O) groups excluding carboxylic acids is 1. The molecule has 3 nitrogen and oxygen atoms in total. The number of ether oxygens (including phenoxy) is 2. The normalized spacial score (nSPS) is 32.7. The van der Waals surface area contributed by atoms with Crippen molar-refractivity contribution in [2.75, 3.05) is 14.2 Å². The van der Waals surface area contributed by atoms with Crippen LogP contribution in [-0.4, -0.2) is 26.3 Å². The van der Waals surface area contributed by atoms with Crippen molar-refractivity contribution in [1.29, 1.82) is 0 Å². The Labute approximate surface area is 116 Å². The Morgan fingerprint density at radius 2 is 1.89 bits per heavy atom. The zero-order chi connectivity index (χ0) is 13.8. The van der Waals surface area contributed by atoms with Crippen molar-refractivity contribution in [2.24, 2.45) is 23.7 Å². The number of hydrogen-bond donors (Lipinski definition) is 0. The summed E-state index contributed by atoms with van der Waals surface area (Å²) >= 11 is 0. The van der Waals surface area contributed by atoms with Gasteiger partial charge in [0.25, 0.3) is 0 Å². The minimum atomic E-state index is -0.255. The van der Waals surface area contributed by atoms with Gasteiger partial charge in [-0.1, -0.05) is 44.8 Å². The van der Waals surface area contributed by atoms with E-state index in [0.29, 0.717) is 11.7 Å². The maximum atomic E-state index is 12.4. The largest absolute Gasteiger partial charge is 0.356 e. The van der Waals surface area contributed by atoms with Crippen molar-refractivity contribution in [3.05, 3.63) is 12.2 Å². The lowest BCUT2D eigenvalue weighted by molar-refractivity contribution is -0.148. The first-order valence-corrected chi connectivity index (χ1v) is 7.52. The van der Waals surface area contributed by atoms with Gasteiger partial charge >= 0.3 is 0 Å². The molecule has 3 heteroatoms. The maximum absolute atomic E-state index is 12.4. The first-order chi connectivity index (χ1) is 9.24. The predicted molar refractivity (Wildman–Crippen MR) is 74.7 cm³/mol. The molecule has 0 aromatic heterocycles. The van der Waals surface area contributed by atoms with Gasteiger partial charge in [-0.25, -0.2) is 0 Å². The molecule has 1 unspecified atom stereocenters. The first-order valence-electron chi connectivity index (χ1n) is 7.52. The molecule has 2 aliphatic carbocycles. The van der Waals surface area contributed by atoms with E-state index in [9.17, 15) is 4.79 Å². The van der Waals surface area contributed by atoms with Crippen LogP contribution in [0.15, 0.2) is 12.2 Å². The Kier molecular flexibility index (Phi) is 5.17. The second kappa shape index (κ2) is 6.67. The van der Waals surface area contributed by atoms with Gasteiger partial charge in [-0.3, -0.25) is 4.79 Å². The number of methoxy groups -OCH3 is 2. The molecule has 1 fully saturated rings. The summed E-state index contributed by atoms with van der Waals surface area (Å²) in [7, 11) is 3.32. The van der Waals surface area contributed by atoms with E-state index in [-0.39, 0.29) is 24.0 Å². The van der Waals surface area contributed by atoms with Crippen LogP contribution in [0.1, 0.15) is 39.0 Å². The van der Waals surface area contributed by atoms with Crippen molar-refractivity contribution >= 4 is 5.78 Å². The molecule has 0 aliphatic heterocycles. The van der Waals surface area contributed by atoms with Crippen LogP contribution in [0.25, 0.3) is 0 Å². The number of rotatable bonds is 8. The Morgan fingerprint density at radius 3 is 2.53 bits per heavy atom. The number of Topliss-reactive ketones (excluding diaryl/α,β-unsaturated/α-hetero) is 1. The number of fused-ring (bicyclic) bond motifs is 2. The molecule has 0 aromatic rings. The van der Waals surface area contributed by atoms with Crippen LogP contribution < -0.4 is 0 Å². The van der Waals surface area contributed by atoms with E-state index in [1.165, 1.54) is 25.7 Å². The van der Waals surface area contributed by atoms with Crippen LogP contribution in [0.2, 0.25) is 0 Å². The van der Waals surface area contributed by atoms with Crippen LogP contribution in [0, 0.1) is 23.7 Å². The van der Waals surface area contributed by atoms with Crippen molar-refractivity contribution in [2.45, 2.75) is 45.3 Å². The van der Waals surface area contributed by atoms with Gasteiger partial charge in [0, 0.05) is 32.0 Å². The quantitative estimate of drug-likeness (QED) is 0.384. The van der Waals surface area contributed by atoms with E-state index < -0.39 is 0 Å². The van der Waals surface area contributed by atoms with Gasteiger partial charge in [0.1, 0.15) is 5.78 Å². The first kappa shape index (κ1) is 14.7. The van der Waals surface area contributed by atoms with Gasteiger partial charge in [0.05, 0.1) is 0 Å². The average molecular weight is 266 g/mol. The highest BCUT2D eigenvalue weighted by Gasteiger charge is 2.53. The summed E-state index contributed by atoms with van der Waals surface area (Å²) in [5.41, 5.74) is 0. The third-order valence-corrected chi connectivity index (χ3v) is 4.71. The summed E-state index contributed by atoms with van der Waals surface area (Å²) in [5.74, 6) is 1.14. The zero-order valence-electron chi connectivity index (χ0n) is 12.3. The molecular formula is C16H26O3. The smallest absolute Gasteiger partial charge is 0.161 e. The van der Waals surface area contributed by atoms with Crippen molar-refractivity contribution in [3.8, 4) is 0 Å². The van der Waals surface area contributed by atoms with Crippen LogP contribution >= 0.6 is 0 Å². The highest BCUT2D eigenvalue weighted by Crippen LogP contribution is 2.49. The molecule has 2 rings (SSSR count). The molecule has 0 amide bonds. The molecule has 19 heavy (non-hydrogen) atoms.